The Kier molecular flexibility index (Phi) is 4.85. The third-order valence-corrected chi connectivity index (χ3v) is 3.57. The van der Waals surface area contributed by atoms with Gasteiger partial charge in [0.15, 0.2) is 0 Å². The van der Waals surface area contributed by atoms with Gasteiger partial charge in [0, 0.05) is 11.4 Å². The number of nitrogen functional groups attached to an aromatic ring is 2. The van der Waals surface area contributed by atoms with Gasteiger partial charge in [0.1, 0.15) is 11.5 Å². The minimum atomic E-state index is -0.560. The molecule has 0 unspecified atom stereocenters. The van der Waals surface area contributed by atoms with E-state index in [-0.39, 0.29) is 5.56 Å². The van der Waals surface area contributed by atoms with Crippen LogP contribution >= 0.6 is 0 Å². The van der Waals surface area contributed by atoms with E-state index in [1.54, 1.807) is 48.5 Å². The molecule has 0 aliphatic carbocycles. The van der Waals surface area contributed by atoms with Crippen molar-refractivity contribution in [3.63, 3.8) is 0 Å². The first-order valence-electron chi connectivity index (χ1n) is 7.77. The standard InChI is InChI=1S/C20H16N2O4/c21-14-7-5-13(6-8-14)19(23)25-15-9-11-16(12-10-15)26-20(24)17-3-1-2-4-18(17)22/h1-12H,21-22H2. The summed E-state index contributed by atoms with van der Waals surface area (Å²) in [5, 5.41) is 0. The van der Waals surface area contributed by atoms with Gasteiger partial charge < -0.3 is 20.9 Å². The molecule has 0 atom stereocenters. The van der Waals surface area contributed by atoms with E-state index in [0.717, 1.165) is 0 Å². The van der Waals surface area contributed by atoms with Crippen LogP contribution < -0.4 is 20.9 Å². The zero-order valence-corrected chi connectivity index (χ0v) is 13.7. The van der Waals surface area contributed by atoms with Crippen molar-refractivity contribution < 1.29 is 19.1 Å². The van der Waals surface area contributed by atoms with Crippen LogP contribution in [0.5, 0.6) is 11.5 Å². The van der Waals surface area contributed by atoms with E-state index < -0.39 is 11.9 Å². The number of anilines is 2. The van der Waals surface area contributed by atoms with Gasteiger partial charge in [-0.15, -0.1) is 0 Å². The SMILES string of the molecule is Nc1ccc(C(=O)Oc2ccc(OC(=O)c3ccccc3N)cc2)cc1. The number of carbonyl (C=O) groups is 2. The quantitative estimate of drug-likeness (QED) is 0.426. The molecular formula is C20H16N2O4. The van der Waals surface area contributed by atoms with E-state index in [0.29, 0.717) is 28.4 Å². The molecule has 0 saturated carbocycles. The molecule has 0 spiro atoms. The monoisotopic (exact) mass is 348 g/mol. The molecule has 0 fully saturated rings. The van der Waals surface area contributed by atoms with Crippen LogP contribution in [0.2, 0.25) is 0 Å². The van der Waals surface area contributed by atoms with E-state index in [4.69, 9.17) is 20.9 Å². The molecule has 0 aliphatic rings. The van der Waals surface area contributed by atoms with Crippen LogP contribution in [0.4, 0.5) is 11.4 Å². The molecule has 0 bridgehead atoms. The number of hydrogen-bond donors (Lipinski definition) is 2. The highest BCUT2D eigenvalue weighted by atomic mass is 16.5. The second-order valence-electron chi connectivity index (χ2n) is 5.46. The molecule has 3 aromatic rings. The Labute approximate surface area is 150 Å². The Morgan fingerprint density at radius 2 is 1.19 bits per heavy atom. The number of para-hydroxylation sites is 1. The zero-order valence-electron chi connectivity index (χ0n) is 13.7. The summed E-state index contributed by atoms with van der Waals surface area (Å²) in [6.07, 6.45) is 0. The third-order valence-electron chi connectivity index (χ3n) is 3.57. The topological polar surface area (TPSA) is 105 Å². The predicted molar refractivity (Wildman–Crippen MR) is 98.1 cm³/mol. The maximum atomic E-state index is 12.1. The van der Waals surface area contributed by atoms with Gasteiger partial charge in [-0.1, -0.05) is 12.1 Å². The van der Waals surface area contributed by atoms with Gasteiger partial charge in [-0.05, 0) is 60.7 Å². The van der Waals surface area contributed by atoms with Crippen molar-refractivity contribution in [1.29, 1.82) is 0 Å². The van der Waals surface area contributed by atoms with Crippen molar-refractivity contribution in [2.24, 2.45) is 0 Å². The third kappa shape index (κ3) is 3.99. The highest BCUT2D eigenvalue weighted by Gasteiger charge is 2.12. The minimum Gasteiger partial charge on any atom is -0.423 e. The molecule has 6 nitrogen and oxygen atoms in total. The molecular weight excluding hydrogens is 332 g/mol. The van der Waals surface area contributed by atoms with Crippen LogP contribution in [-0.2, 0) is 0 Å². The van der Waals surface area contributed by atoms with Crippen LogP contribution in [0.25, 0.3) is 0 Å². The first-order chi connectivity index (χ1) is 12.5. The Bertz CT molecular complexity index is 935. The number of nitrogens with two attached hydrogens (primary N) is 2. The van der Waals surface area contributed by atoms with Crippen molar-refractivity contribution in [2.75, 3.05) is 11.5 Å². The molecule has 0 aliphatic heterocycles. The molecule has 3 aromatic carbocycles. The van der Waals surface area contributed by atoms with Crippen molar-refractivity contribution in [2.45, 2.75) is 0 Å². The average molecular weight is 348 g/mol. The molecule has 0 aromatic heterocycles. The lowest BCUT2D eigenvalue weighted by Gasteiger charge is -2.08. The molecule has 130 valence electrons. The smallest absolute Gasteiger partial charge is 0.345 e. The summed E-state index contributed by atoms with van der Waals surface area (Å²) < 4.78 is 10.5. The van der Waals surface area contributed by atoms with Gasteiger partial charge in [-0.25, -0.2) is 9.59 Å². The summed E-state index contributed by atoms with van der Waals surface area (Å²) in [6, 6.07) is 19.2. The van der Waals surface area contributed by atoms with Crippen molar-refractivity contribution in [3.05, 3.63) is 83.9 Å². The second-order valence-corrected chi connectivity index (χ2v) is 5.46. The first kappa shape index (κ1) is 17.0. The summed E-state index contributed by atoms with van der Waals surface area (Å²) in [6.45, 7) is 0. The summed E-state index contributed by atoms with van der Waals surface area (Å²) >= 11 is 0. The molecule has 0 heterocycles. The van der Waals surface area contributed by atoms with Crippen molar-refractivity contribution in [3.8, 4) is 11.5 Å². The first-order valence-corrected chi connectivity index (χ1v) is 7.77. The van der Waals surface area contributed by atoms with Gasteiger partial charge in [-0.2, -0.15) is 0 Å². The number of hydrogen-bond acceptors (Lipinski definition) is 6. The van der Waals surface area contributed by atoms with Crippen LogP contribution in [0.3, 0.4) is 0 Å². The predicted octanol–water partition coefficient (Wildman–Crippen LogP) is 3.29. The molecule has 26 heavy (non-hydrogen) atoms. The molecule has 0 saturated heterocycles. The normalized spacial score (nSPS) is 10.2. The Balaban J connectivity index is 1.65. The minimum absolute atomic E-state index is 0.284. The summed E-state index contributed by atoms with van der Waals surface area (Å²) in [7, 11) is 0. The lowest BCUT2D eigenvalue weighted by molar-refractivity contribution is 0.0720. The summed E-state index contributed by atoms with van der Waals surface area (Å²) in [4.78, 5) is 24.2. The van der Waals surface area contributed by atoms with Gasteiger partial charge >= 0.3 is 11.9 Å². The largest absolute Gasteiger partial charge is 0.423 e. The highest BCUT2D eigenvalue weighted by Crippen LogP contribution is 2.21. The van der Waals surface area contributed by atoms with Crippen LogP contribution in [0, 0.1) is 0 Å². The van der Waals surface area contributed by atoms with E-state index in [1.165, 1.54) is 24.3 Å². The Hall–Kier alpha value is -3.80. The lowest BCUT2D eigenvalue weighted by atomic mass is 10.2. The van der Waals surface area contributed by atoms with Gasteiger partial charge in [0.05, 0.1) is 11.1 Å². The van der Waals surface area contributed by atoms with Gasteiger partial charge in [-0.3, -0.25) is 0 Å². The van der Waals surface area contributed by atoms with Crippen molar-refractivity contribution in [1.82, 2.24) is 0 Å². The van der Waals surface area contributed by atoms with Crippen LogP contribution in [0.1, 0.15) is 20.7 Å². The lowest BCUT2D eigenvalue weighted by Crippen LogP contribution is -2.11. The van der Waals surface area contributed by atoms with Crippen molar-refractivity contribution >= 4 is 23.3 Å². The van der Waals surface area contributed by atoms with E-state index in [9.17, 15) is 9.59 Å². The molecule has 0 radical (unpaired) electrons. The van der Waals surface area contributed by atoms with Gasteiger partial charge in [0.25, 0.3) is 0 Å². The number of ether oxygens (including phenoxy) is 2. The Morgan fingerprint density at radius 1 is 0.654 bits per heavy atom. The fourth-order valence-electron chi connectivity index (χ4n) is 2.21. The van der Waals surface area contributed by atoms with E-state index in [2.05, 4.69) is 0 Å². The number of esters is 2. The van der Waals surface area contributed by atoms with E-state index in [1.807, 2.05) is 0 Å². The molecule has 6 heteroatoms. The average Bonchev–Trinajstić information content (AvgIpc) is 2.64. The molecule has 0 amide bonds. The molecule has 3 rings (SSSR count). The molecule has 4 N–H and O–H groups in total. The maximum absolute atomic E-state index is 12.1. The van der Waals surface area contributed by atoms with Crippen LogP contribution in [-0.4, -0.2) is 11.9 Å². The van der Waals surface area contributed by atoms with E-state index >= 15 is 0 Å². The highest BCUT2D eigenvalue weighted by molar-refractivity contribution is 5.96. The summed E-state index contributed by atoms with van der Waals surface area (Å²) in [5.74, 6) is -0.432. The fourth-order valence-corrected chi connectivity index (χ4v) is 2.21. The number of carbonyl (C=O) groups excluding carboxylic acids is 2. The zero-order chi connectivity index (χ0) is 18.5. The number of benzene rings is 3. The van der Waals surface area contributed by atoms with Crippen LogP contribution in [0.15, 0.2) is 72.8 Å². The Morgan fingerprint density at radius 3 is 1.77 bits per heavy atom. The second kappa shape index (κ2) is 7.40. The fraction of sp³-hybridized carbons (Fsp3) is 0. The van der Waals surface area contributed by atoms with Gasteiger partial charge in [0.2, 0.25) is 0 Å². The summed E-state index contributed by atoms with van der Waals surface area (Å²) in [5.41, 5.74) is 12.9. The maximum Gasteiger partial charge on any atom is 0.345 e. The number of rotatable bonds is 4.